The molecular formula is C24H25ClN2O5. The van der Waals surface area contributed by atoms with Crippen LogP contribution in [0.2, 0.25) is 5.02 Å². The Morgan fingerprint density at radius 2 is 1.84 bits per heavy atom. The second kappa shape index (κ2) is 10.3. The van der Waals surface area contributed by atoms with Crippen LogP contribution < -0.4 is 19.7 Å². The largest absolute Gasteiger partial charge is 0.490 e. The number of anilines is 1. The minimum absolute atomic E-state index is 0.175. The third-order valence-corrected chi connectivity index (χ3v) is 5.33. The van der Waals surface area contributed by atoms with Crippen molar-refractivity contribution in [1.29, 1.82) is 0 Å². The molecule has 1 N–H and O–H groups in total. The molecule has 0 atom stereocenters. The topological polar surface area (TPSA) is 84.9 Å². The van der Waals surface area contributed by atoms with Crippen LogP contribution in [0.25, 0.3) is 6.08 Å². The Balaban J connectivity index is 1.96. The van der Waals surface area contributed by atoms with Crippen LogP contribution in [0.1, 0.15) is 37.8 Å². The molecular weight excluding hydrogens is 432 g/mol. The Morgan fingerprint density at radius 1 is 1.06 bits per heavy atom. The van der Waals surface area contributed by atoms with Crippen molar-refractivity contribution in [2.45, 2.75) is 33.6 Å². The van der Waals surface area contributed by atoms with E-state index in [1.807, 2.05) is 6.92 Å². The van der Waals surface area contributed by atoms with E-state index in [1.54, 1.807) is 43.3 Å². The molecule has 2 aromatic carbocycles. The van der Waals surface area contributed by atoms with Crippen LogP contribution in [0.3, 0.4) is 0 Å². The Labute approximate surface area is 191 Å². The molecule has 0 spiro atoms. The molecule has 0 aliphatic carbocycles. The van der Waals surface area contributed by atoms with E-state index in [0.717, 1.165) is 17.7 Å². The van der Waals surface area contributed by atoms with Crippen LogP contribution in [0.5, 0.6) is 11.5 Å². The van der Waals surface area contributed by atoms with Crippen molar-refractivity contribution in [2.24, 2.45) is 0 Å². The number of amides is 4. The fraction of sp³-hybridized carbons (Fsp3) is 0.292. The molecule has 1 saturated heterocycles. The number of ether oxygens (including phenoxy) is 2. The van der Waals surface area contributed by atoms with Gasteiger partial charge < -0.3 is 9.47 Å². The first-order valence-corrected chi connectivity index (χ1v) is 10.8. The van der Waals surface area contributed by atoms with Gasteiger partial charge in [0.15, 0.2) is 11.5 Å². The van der Waals surface area contributed by atoms with Gasteiger partial charge in [0.05, 0.1) is 18.9 Å². The zero-order valence-electron chi connectivity index (χ0n) is 18.2. The number of hydrogen-bond donors (Lipinski definition) is 1. The van der Waals surface area contributed by atoms with Gasteiger partial charge in [-0.2, -0.15) is 0 Å². The highest BCUT2D eigenvalue weighted by Gasteiger charge is 2.37. The lowest BCUT2D eigenvalue weighted by Gasteiger charge is -2.27. The van der Waals surface area contributed by atoms with Gasteiger partial charge in [0, 0.05) is 5.02 Å². The number of halogens is 1. The third kappa shape index (κ3) is 4.94. The first kappa shape index (κ1) is 23.3. The van der Waals surface area contributed by atoms with E-state index in [2.05, 4.69) is 12.2 Å². The van der Waals surface area contributed by atoms with Crippen LogP contribution in [-0.2, 0) is 9.59 Å². The Hall–Kier alpha value is -3.32. The summed E-state index contributed by atoms with van der Waals surface area (Å²) in [6, 6.07) is 9.23. The number of imide groups is 2. The van der Waals surface area contributed by atoms with E-state index in [0.29, 0.717) is 46.5 Å². The fourth-order valence-corrected chi connectivity index (χ4v) is 3.38. The lowest BCUT2D eigenvalue weighted by atomic mass is 10.1. The summed E-state index contributed by atoms with van der Waals surface area (Å²) in [5, 5.41) is 2.63. The smallest absolute Gasteiger partial charge is 0.335 e. The van der Waals surface area contributed by atoms with Gasteiger partial charge in [0.1, 0.15) is 5.57 Å². The summed E-state index contributed by atoms with van der Waals surface area (Å²) in [7, 11) is 0. The molecule has 1 fully saturated rings. The predicted octanol–water partition coefficient (Wildman–Crippen LogP) is 4.89. The van der Waals surface area contributed by atoms with Gasteiger partial charge in [-0.15, -0.1) is 0 Å². The zero-order chi connectivity index (χ0) is 23.3. The second-order valence-electron chi connectivity index (χ2n) is 7.18. The molecule has 32 heavy (non-hydrogen) atoms. The van der Waals surface area contributed by atoms with Crippen LogP contribution in [0, 0.1) is 6.92 Å². The first-order valence-electron chi connectivity index (χ1n) is 10.4. The summed E-state index contributed by atoms with van der Waals surface area (Å²) >= 11 is 6.15. The minimum Gasteiger partial charge on any atom is -0.490 e. The maximum Gasteiger partial charge on any atom is 0.335 e. The SMILES string of the molecule is CCCCOc1ccc(C=C2C(=O)NC(=O)N(c3cccc(Cl)c3C)C2=O)cc1OCC. The summed E-state index contributed by atoms with van der Waals surface area (Å²) in [6.45, 7) is 6.63. The van der Waals surface area contributed by atoms with Crippen molar-refractivity contribution in [3.63, 3.8) is 0 Å². The average molecular weight is 457 g/mol. The van der Waals surface area contributed by atoms with Crippen LogP contribution in [0.15, 0.2) is 42.0 Å². The number of unbranched alkanes of at least 4 members (excludes halogenated alkanes) is 1. The molecule has 0 saturated carbocycles. The molecule has 0 aromatic heterocycles. The van der Waals surface area contributed by atoms with E-state index in [9.17, 15) is 14.4 Å². The summed E-state index contributed by atoms with van der Waals surface area (Å²) < 4.78 is 11.4. The standard InChI is InChI=1S/C24H25ClN2O5/c1-4-6-12-32-20-11-10-16(14-21(20)31-5-2)13-17-22(28)26-24(30)27(23(17)29)19-9-7-8-18(25)15(19)3/h7-11,13-14H,4-6,12H2,1-3H3,(H,26,28,30). The molecule has 3 rings (SSSR count). The number of nitrogens with one attached hydrogen (secondary N) is 1. The van der Waals surface area contributed by atoms with Crippen LogP contribution >= 0.6 is 11.6 Å². The Bertz CT molecular complexity index is 1080. The number of urea groups is 1. The van der Waals surface area contributed by atoms with Gasteiger partial charge in [0.25, 0.3) is 11.8 Å². The van der Waals surface area contributed by atoms with Crippen molar-refractivity contribution in [3.8, 4) is 11.5 Å². The van der Waals surface area contributed by atoms with Crippen molar-refractivity contribution >= 4 is 41.2 Å². The minimum atomic E-state index is -0.822. The fourth-order valence-electron chi connectivity index (χ4n) is 3.21. The molecule has 0 unspecified atom stereocenters. The van der Waals surface area contributed by atoms with Crippen LogP contribution in [0.4, 0.5) is 10.5 Å². The summed E-state index contributed by atoms with van der Waals surface area (Å²) in [5.41, 5.74) is 1.25. The Morgan fingerprint density at radius 3 is 2.56 bits per heavy atom. The lowest BCUT2D eigenvalue weighted by Crippen LogP contribution is -2.54. The highest BCUT2D eigenvalue weighted by Crippen LogP contribution is 2.32. The van der Waals surface area contributed by atoms with Gasteiger partial charge in [-0.05, 0) is 61.7 Å². The average Bonchev–Trinajstić information content (AvgIpc) is 2.75. The first-order chi connectivity index (χ1) is 15.4. The number of rotatable bonds is 8. The van der Waals surface area contributed by atoms with Crippen molar-refractivity contribution in [1.82, 2.24) is 5.32 Å². The molecule has 4 amide bonds. The molecule has 0 radical (unpaired) electrons. The maximum absolute atomic E-state index is 13.1. The molecule has 168 valence electrons. The van der Waals surface area contributed by atoms with E-state index in [-0.39, 0.29) is 5.57 Å². The van der Waals surface area contributed by atoms with Gasteiger partial charge in [-0.3, -0.25) is 14.9 Å². The third-order valence-electron chi connectivity index (χ3n) is 4.92. The predicted molar refractivity (Wildman–Crippen MR) is 123 cm³/mol. The lowest BCUT2D eigenvalue weighted by molar-refractivity contribution is -0.122. The summed E-state index contributed by atoms with van der Waals surface area (Å²) in [5.74, 6) is -0.393. The van der Waals surface area contributed by atoms with E-state index < -0.39 is 17.8 Å². The summed E-state index contributed by atoms with van der Waals surface area (Å²) in [6.07, 6.45) is 3.35. The molecule has 0 bridgehead atoms. The maximum atomic E-state index is 13.1. The number of benzene rings is 2. The van der Waals surface area contributed by atoms with Gasteiger partial charge in [-0.1, -0.05) is 37.1 Å². The number of carbonyl (C=O) groups is 3. The van der Waals surface area contributed by atoms with Crippen LogP contribution in [-0.4, -0.2) is 31.1 Å². The molecule has 2 aromatic rings. The molecule has 1 aliphatic heterocycles. The van der Waals surface area contributed by atoms with Crippen molar-refractivity contribution in [2.75, 3.05) is 18.1 Å². The van der Waals surface area contributed by atoms with E-state index in [4.69, 9.17) is 21.1 Å². The molecule has 1 aliphatic rings. The normalized spacial score (nSPS) is 15.2. The van der Waals surface area contributed by atoms with E-state index >= 15 is 0 Å². The molecule has 7 nitrogen and oxygen atoms in total. The second-order valence-corrected chi connectivity index (χ2v) is 7.59. The zero-order valence-corrected chi connectivity index (χ0v) is 19.0. The number of hydrogen-bond acceptors (Lipinski definition) is 5. The Kier molecular flexibility index (Phi) is 7.53. The highest BCUT2D eigenvalue weighted by atomic mass is 35.5. The highest BCUT2D eigenvalue weighted by molar-refractivity contribution is 6.39. The van der Waals surface area contributed by atoms with Gasteiger partial charge in [-0.25, -0.2) is 9.69 Å². The van der Waals surface area contributed by atoms with E-state index in [1.165, 1.54) is 6.08 Å². The molecule has 1 heterocycles. The van der Waals surface area contributed by atoms with Gasteiger partial charge >= 0.3 is 6.03 Å². The number of nitrogens with zero attached hydrogens (tertiary/aromatic N) is 1. The number of carbonyl (C=O) groups excluding carboxylic acids is 3. The van der Waals surface area contributed by atoms with Crippen molar-refractivity contribution < 1.29 is 23.9 Å². The molecule has 8 heteroatoms. The quantitative estimate of drug-likeness (QED) is 0.347. The monoisotopic (exact) mass is 456 g/mol. The van der Waals surface area contributed by atoms with Crippen molar-refractivity contribution in [3.05, 3.63) is 58.1 Å². The summed E-state index contributed by atoms with van der Waals surface area (Å²) in [4.78, 5) is 39.0. The van der Waals surface area contributed by atoms with Gasteiger partial charge in [0.2, 0.25) is 0 Å². The number of barbiturate groups is 1.